The fraction of sp³-hybridized carbons (Fsp3) is 0.636. The van der Waals surface area contributed by atoms with Gasteiger partial charge in [-0.25, -0.2) is 4.79 Å². The number of carbonyl (C=O) groups excluding carboxylic acids is 1. The Balaban J connectivity index is 1.53. The molecule has 8 nitrogen and oxygen atoms in total. The van der Waals surface area contributed by atoms with Crippen LogP contribution in [0.3, 0.4) is 0 Å². The molecule has 0 aromatic heterocycles. The average Bonchev–Trinajstić information content (AvgIpc) is 3.52. The Bertz CT molecular complexity index is 830. The van der Waals surface area contributed by atoms with Crippen molar-refractivity contribution in [2.75, 3.05) is 40.0 Å². The van der Waals surface area contributed by atoms with Crippen molar-refractivity contribution in [3.05, 3.63) is 27.7 Å². The largest absolute Gasteiger partial charge is 0.492 e. The molecule has 31 heavy (non-hydrogen) atoms. The number of methoxy groups -OCH3 is 1. The number of carboxylic acid groups (broad SMARTS) is 1. The molecule has 0 bridgehead atoms. The van der Waals surface area contributed by atoms with E-state index >= 15 is 0 Å². The summed E-state index contributed by atoms with van der Waals surface area (Å²) in [5.41, 5.74) is 2.34. The van der Waals surface area contributed by atoms with Crippen LogP contribution in [0.15, 0.2) is 16.6 Å². The Kier molecular flexibility index (Phi) is 7.03. The quantitative estimate of drug-likeness (QED) is 0.555. The van der Waals surface area contributed by atoms with E-state index in [4.69, 9.17) is 14.2 Å². The second kappa shape index (κ2) is 9.75. The number of aryl methyl sites for hydroxylation is 1. The first kappa shape index (κ1) is 22.4. The van der Waals surface area contributed by atoms with E-state index in [1.807, 2.05) is 4.90 Å². The fourth-order valence-electron chi connectivity index (χ4n) is 4.45. The van der Waals surface area contributed by atoms with Gasteiger partial charge in [0.1, 0.15) is 5.75 Å². The summed E-state index contributed by atoms with van der Waals surface area (Å²) < 4.78 is 17.7. The standard InChI is InChI=1S/C22H29BrN2O6/c1-29-8-2-9-30-19-12-16-14(11-17(19)23)3-6-18(16)25(15-4-5-15)21(26)20-13-24(22(27)28)7-10-31-20/h11-12,15,18,20H,2-10,13H2,1H3,(H,27,28)/t18-,20-/m1/s1. The van der Waals surface area contributed by atoms with Gasteiger partial charge in [-0.2, -0.15) is 0 Å². The highest BCUT2D eigenvalue weighted by Crippen LogP contribution is 2.45. The number of nitrogens with zero attached hydrogens (tertiary/aromatic N) is 2. The Hall–Kier alpha value is -1.84. The minimum atomic E-state index is -1.01. The second-order valence-corrected chi connectivity index (χ2v) is 9.15. The first-order valence-electron chi connectivity index (χ1n) is 10.8. The van der Waals surface area contributed by atoms with E-state index in [-0.39, 0.29) is 31.1 Å². The van der Waals surface area contributed by atoms with Gasteiger partial charge in [-0.3, -0.25) is 4.79 Å². The Morgan fingerprint density at radius 1 is 1.29 bits per heavy atom. The molecule has 1 aliphatic heterocycles. The third kappa shape index (κ3) is 4.99. The van der Waals surface area contributed by atoms with Crippen LogP contribution in [0, 0.1) is 0 Å². The maximum atomic E-state index is 13.5. The molecule has 2 amide bonds. The molecule has 1 N–H and O–H groups in total. The number of hydrogen-bond acceptors (Lipinski definition) is 5. The molecule has 3 aliphatic rings. The van der Waals surface area contributed by atoms with E-state index in [9.17, 15) is 14.7 Å². The van der Waals surface area contributed by atoms with Gasteiger partial charge in [-0.1, -0.05) is 0 Å². The van der Waals surface area contributed by atoms with Crippen molar-refractivity contribution in [3.63, 3.8) is 0 Å². The van der Waals surface area contributed by atoms with Crippen molar-refractivity contribution in [2.24, 2.45) is 0 Å². The molecule has 1 saturated carbocycles. The highest BCUT2D eigenvalue weighted by molar-refractivity contribution is 9.10. The normalized spacial score (nSPS) is 22.8. The van der Waals surface area contributed by atoms with Crippen molar-refractivity contribution in [3.8, 4) is 5.75 Å². The van der Waals surface area contributed by atoms with Gasteiger partial charge in [0, 0.05) is 32.7 Å². The van der Waals surface area contributed by atoms with Crippen LogP contribution in [-0.4, -0.2) is 79.1 Å². The summed E-state index contributed by atoms with van der Waals surface area (Å²) in [6.07, 6.45) is 2.75. The van der Waals surface area contributed by atoms with Crippen molar-refractivity contribution < 1.29 is 28.9 Å². The van der Waals surface area contributed by atoms with Gasteiger partial charge < -0.3 is 29.1 Å². The lowest BCUT2D eigenvalue weighted by Gasteiger charge is -2.36. The number of carbonyl (C=O) groups is 2. The highest BCUT2D eigenvalue weighted by Gasteiger charge is 2.44. The van der Waals surface area contributed by atoms with E-state index in [0.29, 0.717) is 19.8 Å². The molecule has 2 fully saturated rings. The van der Waals surface area contributed by atoms with E-state index in [1.54, 1.807) is 7.11 Å². The topological polar surface area (TPSA) is 88.5 Å². The maximum Gasteiger partial charge on any atom is 0.407 e. The summed E-state index contributed by atoms with van der Waals surface area (Å²) in [6, 6.07) is 4.31. The zero-order valence-corrected chi connectivity index (χ0v) is 19.3. The van der Waals surface area contributed by atoms with Crippen LogP contribution in [0.25, 0.3) is 0 Å². The lowest BCUT2D eigenvalue weighted by molar-refractivity contribution is -0.151. The van der Waals surface area contributed by atoms with Crippen LogP contribution in [0.2, 0.25) is 0 Å². The summed E-state index contributed by atoms with van der Waals surface area (Å²) in [5.74, 6) is 0.674. The predicted octanol–water partition coefficient (Wildman–Crippen LogP) is 3.22. The van der Waals surface area contributed by atoms with Crippen LogP contribution >= 0.6 is 15.9 Å². The third-order valence-corrected chi connectivity index (χ3v) is 6.75. The van der Waals surface area contributed by atoms with Crippen LogP contribution in [0.5, 0.6) is 5.75 Å². The summed E-state index contributed by atoms with van der Waals surface area (Å²) in [4.78, 5) is 28.1. The molecule has 9 heteroatoms. The van der Waals surface area contributed by atoms with Gasteiger partial charge in [0.05, 0.1) is 30.3 Å². The number of hydrogen-bond donors (Lipinski definition) is 1. The molecule has 2 atom stereocenters. The van der Waals surface area contributed by atoms with Crippen LogP contribution in [0.1, 0.15) is 42.9 Å². The van der Waals surface area contributed by atoms with E-state index < -0.39 is 12.2 Å². The molecule has 2 aliphatic carbocycles. The molecule has 0 spiro atoms. The molecule has 1 saturated heterocycles. The molecule has 170 valence electrons. The van der Waals surface area contributed by atoms with Gasteiger partial charge in [-0.05, 0) is 64.9 Å². The lowest BCUT2D eigenvalue weighted by atomic mass is 10.0. The third-order valence-electron chi connectivity index (χ3n) is 6.13. The smallest absolute Gasteiger partial charge is 0.407 e. The van der Waals surface area contributed by atoms with Crippen molar-refractivity contribution in [2.45, 2.75) is 50.3 Å². The molecule has 1 aromatic rings. The number of amides is 2. The van der Waals surface area contributed by atoms with Gasteiger partial charge in [-0.15, -0.1) is 0 Å². The molecular weight excluding hydrogens is 468 g/mol. The second-order valence-electron chi connectivity index (χ2n) is 8.30. The Morgan fingerprint density at radius 3 is 2.81 bits per heavy atom. The highest BCUT2D eigenvalue weighted by atomic mass is 79.9. The number of benzene rings is 1. The number of halogens is 1. The molecule has 0 unspecified atom stereocenters. The number of morpholine rings is 1. The van der Waals surface area contributed by atoms with E-state index in [0.717, 1.165) is 47.9 Å². The summed E-state index contributed by atoms with van der Waals surface area (Å²) in [6.45, 7) is 1.83. The van der Waals surface area contributed by atoms with Gasteiger partial charge >= 0.3 is 6.09 Å². The minimum absolute atomic E-state index is 0.0340. The molecule has 0 radical (unpaired) electrons. The van der Waals surface area contributed by atoms with Gasteiger partial charge in [0.25, 0.3) is 5.91 Å². The summed E-state index contributed by atoms with van der Waals surface area (Å²) in [5, 5.41) is 9.32. The summed E-state index contributed by atoms with van der Waals surface area (Å²) >= 11 is 3.61. The van der Waals surface area contributed by atoms with Gasteiger partial charge in [0.15, 0.2) is 6.10 Å². The maximum absolute atomic E-state index is 13.5. The SMILES string of the molecule is COCCCOc1cc2c(cc1Br)CC[C@H]2N(C(=O)[C@H]1CN(C(=O)O)CCO1)C1CC1. The van der Waals surface area contributed by atoms with Crippen molar-refractivity contribution >= 4 is 27.9 Å². The molecule has 4 rings (SSSR count). The van der Waals surface area contributed by atoms with Crippen molar-refractivity contribution in [1.82, 2.24) is 9.80 Å². The number of ether oxygens (including phenoxy) is 3. The number of fused-ring (bicyclic) bond motifs is 1. The van der Waals surface area contributed by atoms with Crippen LogP contribution < -0.4 is 4.74 Å². The Labute approximate surface area is 190 Å². The first-order valence-corrected chi connectivity index (χ1v) is 11.6. The van der Waals surface area contributed by atoms with Gasteiger partial charge in [0.2, 0.25) is 0 Å². The summed E-state index contributed by atoms with van der Waals surface area (Å²) in [7, 11) is 1.67. The zero-order chi connectivity index (χ0) is 22.0. The molecular formula is C22H29BrN2O6. The lowest BCUT2D eigenvalue weighted by Crippen LogP contribution is -2.53. The first-order chi connectivity index (χ1) is 15.0. The molecule has 1 aromatic carbocycles. The number of rotatable bonds is 8. The average molecular weight is 497 g/mol. The minimum Gasteiger partial charge on any atom is -0.492 e. The van der Waals surface area contributed by atoms with E-state index in [2.05, 4.69) is 28.1 Å². The zero-order valence-electron chi connectivity index (χ0n) is 17.7. The fourth-order valence-corrected chi connectivity index (χ4v) is 4.95. The van der Waals surface area contributed by atoms with Crippen LogP contribution in [0.4, 0.5) is 4.79 Å². The Morgan fingerprint density at radius 2 is 2.10 bits per heavy atom. The molecule has 1 heterocycles. The predicted molar refractivity (Wildman–Crippen MR) is 116 cm³/mol. The monoisotopic (exact) mass is 496 g/mol. The van der Waals surface area contributed by atoms with E-state index in [1.165, 1.54) is 10.5 Å². The van der Waals surface area contributed by atoms with Crippen molar-refractivity contribution in [1.29, 1.82) is 0 Å². The van der Waals surface area contributed by atoms with Crippen LogP contribution in [-0.2, 0) is 20.7 Å².